The lowest BCUT2D eigenvalue weighted by molar-refractivity contribution is 0.231. The lowest BCUT2D eigenvalue weighted by atomic mass is 9.86. The summed E-state index contributed by atoms with van der Waals surface area (Å²) in [5.74, 6) is 0. The zero-order valence-corrected chi connectivity index (χ0v) is 13.1. The van der Waals surface area contributed by atoms with Gasteiger partial charge in [0.05, 0.1) is 0 Å². The van der Waals surface area contributed by atoms with Crippen molar-refractivity contribution in [2.45, 2.75) is 58.4 Å². The zero-order chi connectivity index (χ0) is 14.5. The van der Waals surface area contributed by atoms with Crippen LogP contribution in [0.5, 0.6) is 0 Å². The van der Waals surface area contributed by atoms with E-state index in [0.29, 0.717) is 0 Å². The molecule has 0 aliphatic carbocycles. The molecule has 2 heteroatoms. The minimum Gasteiger partial charge on any atom is -0.396 e. The van der Waals surface area contributed by atoms with E-state index >= 15 is 0 Å². The minimum absolute atomic E-state index is 0.0140. The molecule has 0 saturated heterocycles. The molecule has 0 aliphatic heterocycles. The van der Waals surface area contributed by atoms with Crippen LogP contribution in [-0.2, 0) is 11.8 Å². The summed E-state index contributed by atoms with van der Waals surface area (Å²) in [7, 11) is 0. The van der Waals surface area contributed by atoms with Crippen LogP contribution in [0.4, 0.5) is 0 Å². The fraction of sp³-hybridized carbons (Fsp3) is 0.647. The van der Waals surface area contributed by atoms with Crippen molar-refractivity contribution in [1.29, 1.82) is 0 Å². The highest BCUT2D eigenvalue weighted by Gasteiger charge is 2.15. The molecule has 0 aliphatic rings. The molecule has 0 spiro atoms. The zero-order valence-electron chi connectivity index (χ0n) is 13.1. The smallest absolute Gasteiger partial charge is 0.0448 e. The molecule has 0 amide bonds. The molecule has 0 heterocycles. The van der Waals surface area contributed by atoms with Gasteiger partial charge in [0.1, 0.15) is 0 Å². The number of hydrogen-bond acceptors (Lipinski definition) is 2. The van der Waals surface area contributed by atoms with Crippen molar-refractivity contribution >= 4 is 0 Å². The summed E-state index contributed by atoms with van der Waals surface area (Å²) in [6.45, 7) is 12.2. The molecule has 2 N–H and O–H groups in total. The number of nitrogens with one attached hydrogen (secondary N) is 1. The second-order valence-corrected chi connectivity index (χ2v) is 6.98. The van der Waals surface area contributed by atoms with E-state index in [1.807, 2.05) is 0 Å². The van der Waals surface area contributed by atoms with E-state index in [1.165, 1.54) is 11.1 Å². The second-order valence-electron chi connectivity index (χ2n) is 6.98. The van der Waals surface area contributed by atoms with Crippen LogP contribution in [0.15, 0.2) is 24.3 Å². The Morgan fingerprint density at radius 2 is 1.58 bits per heavy atom. The standard InChI is InChI=1S/C17H29NO/c1-16(2,3)15-8-6-14(7-9-15)10-12-18-17(4,5)11-13-19/h6-9,18-19H,10-13H2,1-5H3. The Morgan fingerprint density at radius 3 is 2.05 bits per heavy atom. The maximum absolute atomic E-state index is 8.98. The Labute approximate surface area is 118 Å². The molecule has 1 aromatic carbocycles. The summed E-state index contributed by atoms with van der Waals surface area (Å²) in [5.41, 5.74) is 2.98. The highest BCUT2D eigenvalue weighted by molar-refractivity contribution is 5.27. The van der Waals surface area contributed by atoms with Crippen molar-refractivity contribution in [3.8, 4) is 0 Å². The molecule has 0 saturated carbocycles. The largest absolute Gasteiger partial charge is 0.396 e. The van der Waals surface area contributed by atoms with Crippen LogP contribution in [0.3, 0.4) is 0 Å². The van der Waals surface area contributed by atoms with Crippen LogP contribution in [0, 0.1) is 0 Å². The van der Waals surface area contributed by atoms with E-state index in [9.17, 15) is 0 Å². The summed E-state index contributed by atoms with van der Waals surface area (Å²) in [6, 6.07) is 8.91. The van der Waals surface area contributed by atoms with Crippen molar-refractivity contribution < 1.29 is 5.11 Å². The lowest BCUT2D eigenvalue weighted by Gasteiger charge is -2.25. The summed E-state index contributed by atoms with van der Waals surface area (Å²) >= 11 is 0. The van der Waals surface area contributed by atoms with Crippen LogP contribution < -0.4 is 5.32 Å². The van der Waals surface area contributed by atoms with Gasteiger partial charge in [0.25, 0.3) is 0 Å². The van der Waals surface area contributed by atoms with Crippen molar-refractivity contribution in [2.75, 3.05) is 13.2 Å². The third kappa shape index (κ3) is 5.75. The predicted octanol–water partition coefficient (Wildman–Crippen LogP) is 3.28. The van der Waals surface area contributed by atoms with Gasteiger partial charge in [-0.05, 0) is 49.8 Å². The van der Waals surface area contributed by atoms with E-state index in [2.05, 4.69) is 64.2 Å². The molecule has 1 rings (SSSR count). The molecule has 19 heavy (non-hydrogen) atoms. The Hall–Kier alpha value is -0.860. The summed E-state index contributed by atoms with van der Waals surface area (Å²) in [6.07, 6.45) is 1.81. The maximum atomic E-state index is 8.98. The first-order valence-electron chi connectivity index (χ1n) is 7.20. The van der Waals surface area contributed by atoms with E-state index in [1.54, 1.807) is 0 Å². The molecular weight excluding hydrogens is 234 g/mol. The number of aliphatic hydroxyl groups is 1. The molecule has 108 valence electrons. The average Bonchev–Trinajstić information content (AvgIpc) is 2.28. The summed E-state index contributed by atoms with van der Waals surface area (Å²) < 4.78 is 0. The van der Waals surface area contributed by atoms with Crippen molar-refractivity contribution in [2.24, 2.45) is 0 Å². The summed E-state index contributed by atoms with van der Waals surface area (Å²) in [4.78, 5) is 0. The molecule has 2 nitrogen and oxygen atoms in total. The fourth-order valence-electron chi connectivity index (χ4n) is 2.08. The van der Waals surface area contributed by atoms with Gasteiger partial charge in [0.15, 0.2) is 0 Å². The molecule has 0 fully saturated rings. The first-order valence-corrected chi connectivity index (χ1v) is 7.20. The molecule has 0 atom stereocenters. The predicted molar refractivity (Wildman–Crippen MR) is 82.6 cm³/mol. The highest BCUT2D eigenvalue weighted by Crippen LogP contribution is 2.22. The third-order valence-electron chi connectivity index (χ3n) is 3.57. The van der Waals surface area contributed by atoms with Crippen LogP contribution >= 0.6 is 0 Å². The van der Waals surface area contributed by atoms with E-state index < -0.39 is 0 Å². The Kier molecular flexibility index (Phi) is 5.57. The van der Waals surface area contributed by atoms with E-state index in [4.69, 9.17) is 5.11 Å². The van der Waals surface area contributed by atoms with Crippen LogP contribution in [-0.4, -0.2) is 23.8 Å². The van der Waals surface area contributed by atoms with Gasteiger partial charge in [-0.1, -0.05) is 45.0 Å². The lowest BCUT2D eigenvalue weighted by Crippen LogP contribution is -2.41. The van der Waals surface area contributed by atoms with Gasteiger partial charge in [-0.15, -0.1) is 0 Å². The van der Waals surface area contributed by atoms with Gasteiger partial charge in [0, 0.05) is 12.1 Å². The number of hydrogen-bond donors (Lipinski definition) is 2. The Balaban J connectivity index is 2.47. The van der Waals surface area contributed by atoms with Gasteiger partial charge < -0.3 is 10.4 Å². The van der Waals surface area contributed by atoms with Gasteiger partial charge in [-0.3, -0.25) is 0 Å². The normalized spacial score (nSPS) is 12.7. The number of aliphatic hydroxyl groups excluding tert-OH is 1. The molecule has 0 radical (unpaired) electrons. The molecular formula is C17H29NO. The van der Waals surface area contributed by atoms with Crippen LogP contribution in [0.1, 0.15) is 52.2 Å². The van der Waals surface area contributed by atoms with E-state index in [-0.39, 0.29) is 17.6 Å². The van der Waals surface area contributed by atoms with Crippen LogP contribution in [0.25, 0.3) is 0 Å². The van der Waals surface area contributed by atoms with Gasteiger partial charge in [-0.25, -0.2) is 0 Å². The first kappa shape index (κ1) is 16.2. The average molecular weight is 263 g/mol. The third-order valence-corrected chi connectivity index (χ3v) is 3.57. The van der Waals surface area contributed by atoms with Crippen molar-refractivity contribution in [1.82, 2.24) is 5.32 Å². The minimum atomic E-state index is 0.0140. The number of rotatable bonds is 6. The highest BCUT2D eigenvalue weighted by atomic mass is 16.3. The molecule has 0 aromatic heterocycles. The van der Waals surface area contributed by atoms with Gasteiger partial charge in [-0.2, -0.15) is 0 Å². The SMILES string of the molecule is CC(C)(CCO)NCCc1ccc(C(C)(C)C)cc1. The monoisotopic (exact) mass is 263 g/mol. The van der Waals surface area contributed by atoms with Crippen molar-refractivity contribution in [3.05, 3.63) is 35.4 Å². The summed E-state index contributed by atoms with van der Waals surface area (Å²) in [5, 5.41) is 12.5. The number of benzene rings is 1. The quantitative estimate of drug-likeness (QED) is 0.825. The Morgan fingerprint density at radius 1 is 1.00 bits per heavy atom. The fourth-order valence-corrected chi connectivity index (χ4v) is 2.08. The van der Waals surface area contributed by atoms with Crippen molar-refractivity contribution in [3.63, 3.8) is 0 Å². The molecule has 0 unspecified atom stereocenters. The Bertz CT molecular complexity index is 373. The molecule has 0 bridgehead atoms. The molecule has 1 aromatic rings. The van der Waals surface area contributed by atoms with Crippen LogP contribution in [0.2, 0.25) is 0 Å². The first-order chi connectivity index (χ1) is 8.74. The maximum Gasteiger partial charge on any atom is 0.0448 e. The second kappa shape index (κ2) is 6.53. The van der Waals surface area contributed by atoms with E-state index in [0.717, 1.165) is 19.4 Å². The van der Waals surface area contributed by atoms with Gasteiger partial charge in [0.2, 0.25) is 0 Å². The topological polar surface area (TPSA) is 32.3 Å². The van der Waals surface area contributed by atoms with Gasteiger partial charge >= 0.3 is 0 Å².